The van der Waals surface area contributed by atoms with Gasteiger partial charge >= 0.3 is 0 Å². The zero-order valence-corrected chi connectivity index (χ0v) is 17.2. The van der Waals surface area contributed by atoms with Crippen LogP contribution in [0.2, 0.25) is 5.15 Å². The summed E-state index contributed by atoms with van der Waals surface area (Å²) in [6, 6.07) is 6.50. The molecule has 2 aliphatic rings. The lowest BCUT2D eigenvalue weighted by Crippen LogP contribution is -2.31. The lowest BCUT2D eigenvalue weighted by Gasteiger charge is -2.24. The van der Waals surface area contributed by atoms with Crippen LogP contribution in [-0.4, -0.2) is 49.4 Å². The second kappa shape index (κ2) is 7.17. The Morgan fingerprint density at radius 1 is 1.21 bits per heavy atom. The summed E-state index contributed by atoms with van der Waals surface area (Å²) in [5, 5.41) is 0.283. The molecule has 0 unspecified atom stereocenters. The minimum atomic E-state index is -0.734. The van der Waals surface area contributed by atoms with E-state index in [-0.39, 0.29) is 29.3 Å². The van der Waals surface area contributed by atoms with Crippen molar-refractivity contribution in [3.05, 3.63) is 47.9 Å². The molecule has 4 heterocycles. The summed E-state index contributed by atoms with van der Waals surface area (Å²) in [4.78, 5) is 13.4. The molecule has 0 bridgehead atoms. The van der Waals surface area contributed by atoms with Gasteiger partial charge in [0.1, 0.15) is 29.9 Å². The Hall–Kier alpha value is -1.78. The molecule has 0 saturated carbocycles. The van der Waals surface area contributed by atoms with E-state index in [1.165, 1.54) is 30.2 Å². The molecule has 3 aromatic rings. The van der Waals surface area contributed by atoms with Crippen molar-refractivity contribution in [1.29, 1.82) is 0 Å². The van der Waals surface area contributed by atoms with Crippen molar-refractivity contribution in [2.75, 3.05) is 5.75 Å². The Bertz CT molecular complexity index is 1060. The van der Waals surface area contributed by atoms with E-state index in [1.807, 2.05) is 19.9 Å². The molecule has 29 heavy (non-hydrogen) atoms. The van der Waals surface area contributed by atoms with Crippen LogP contribution in [0.5, 0.6) is 0 Å². The normalized spacial score (nSPS) is 28.1. The second-order valence-electron chi connectivity index (χ2n) is 7.39. The lowest BCUT2D eigenvalue weighted by molar-refractivity contribution is -0.193. The molecule has 0 N–H and O–H groups in total. The molecule has 2 aliphatic heterocycles. The Morgan fingerprint density at radius 2 is 2.03 bits per heavy atom. The van der Waals surface area contributed by atoms with Gasteiger partial charge in [-0.2, -0.15) is 0 Å². The maximum atomic E-state index is 13.5. The molecule has 0 spiro atoms. The van der Waals surface area contributed by atoms with Crippen molar-refractivity contribution in [2.24, 2.45) is 0 Å². The first-order chi connectivity index (χ1) is 13.9. The molecular weight excluding hydrogens is 419 g/mol. The van der Waals surface area contributed by atoms with Crippen molar-refractivity contribution in [1.82, 2.24) is 19.5 Å². The highest BCUT2D eigenvalue weighted by molar-refractivity contribution is 7.99. The van der Waals surface area contributed by atoms with Gasteiger partial charge in [0.25, 0.3) is 0 Å². The standard InChI is InChI=1S/C19H18ClFN4O3S/c1-19(2)27-14-12(7-29-11-5-3-4-10(21)6-11)26-18(15(14)28-19)25-9-24-13-16(20)22-8-23-17(13)25/h3-6,8-9,12,14-15,18H,7H2,1-2H3/t12-,14-,15-,18-/m1/s1. The van der Waals surface area contributed by atoms with Crippen molar-refractivity contribution in [3.63, 3.8) is 0 Å². The Kier molecular flexibility index (Phi) is 4.75. The molecule has 7 nitrogen and oxygen atoms in total. The van der Waals surface area contributed by atoms with Gasteiger partial charge in [-0.15, -0.1) is 11.8 Å². The van der Waals surface area contributed by atoms with E-state index in [1.54, 1.807) is 17.0 Å². The summed E-state index contributed by atoms with van der Waals surface area (Å²) in [6.07, 6.45) is 1.68. The van der Waals surface area contributed by atoms with Crippen LogP contribution in [0.1, 0.15) is 20.1 Å². The first-order valence-electron chi connectivity index (χ1n) is 9.14. The van der Waals surface area contributed by atoms with Crippen molar-refractivity contribution < 1.29 is 18.6 Å². The molecule has 5 rings (SSSR count). The number of hydrogen-bond donors (Lipinski definition) is 0. The Labute approximate surface area is 175 Å². The summed E-state index contributed by atoms with van der Waals surface area (Å²) in [5.41, 5.74) is 1.07. The number of imidazole rings is 1. The van der Waals surface area contributed by atoms with Crippen LogP contribution in [0, 0.1) is 5.82 Å². The molecule has 0 amide bonds. The average molecular weight is 437 g/mol. The first kappa shape index (κ1) is 19.2. The van der Waals surface area contributed by atoms with Crippen molar-refractivity contribution in [2.45, 2.75) is 49.1 Å². The van der Waals surface area contributed by atoms with Crippen LogP contribution in [-0.2, 0) is 14.2 Å². The van der Waals surface area contributed by atoms with Gasteiger partial charge < -0.3 is 14.2 Å². The van der Waals surface area contributed by atoms with Gasteiger partial charge in [-0.05, 0) is 32.0 Å². The SMILES string of the molecule is CC1(C)O[C@@H]2[C@H](O1)[C@@H](CSc1cccc(F)c1)O[C@H]2n1cnc2c(Cl)ncnc21. The summed E-state index contributed by atoms with van der Waals surface area (Å²) in [7, 11) is 0. The van der Waals surface area contributed by atoms with E-state index in [9.17, 15) is 4.39 Å². The third-order valence-corrected chi connectivity index (χ3v) is 6.28. The highest BCUT2D eigenvalue weighted by atomic mass is 35.5. The number of fused-ring (bicyclic) bond motifs is 2. The molecule has 0 radical (unpaired) electrons. The number of rotatable bonds is 4. The third kappa shape index (κ3) is 3.51. The van der Waals surface area contributed by atoms with Gasteiger partial charge in [0.15, 0.2) is 22.8 Å². The minimum Gasteiger partial charge on any atom is -0.348 e. The number of aromatic nitrogens is 4. The zero-order chi connectivity index (χ0) is 20.2. The van der Waals surface area contributed by atoms with Crippen LogP contribution >= 0.6 is 23.4 Å². The lowest BCUT2D eigenvalue weighted by atomic mass is 10.1. The summed E-state index contributed by atoms with van der Waals surface area (Å²) in [6.45, 7) is 3.76. The Morgan fingerprint density at radius 3 is 2.86 bits per heavy atom. The highest BCUT2D eigenvalue weighted by Gasteiger charge is 2.56. The Balaban J connectivity index is 1.43. The van der Waals surface area contributed by atoms with Crippen LogP contribution in [0.15, 0.2) is 41.8 Å². The van der Waals surface area contributed by atoms with Gasteiger partial charge in [0.05, 0.1) is 12.4 Å². The monoisotopic (exact) mass is 436 g/mol. The molecule has 0 aliphatic carbocycles. The summed E-state index contributed by atoms with van der Waals surface area (Å²) in [5.74, 6) is -0.411. The number of hydrogen-bond acceptors (Lipinski definition) is 7. The molecule has 2 saturated heterocycles. The van der Waals surface area contributed by atoms with E-state index in [0.29, 0.717) is 16.9 Å². The van der Waals surface area contributed by atoms with Crippen LogP contribution in [0.25, 0.3) is 11.2 Å². The maximum absolute atomic E-state index is 13.5. The minimum absolute atomic E-state index is 0.255. The van der Waals surface area contributed by atoms with Crippen molar-refractivity contribution >= 4 is 34.5 Å². The fraction of sp³-hybridized carbons (Fsp3) is 0.421. The van der Waals surface area contributed by atoms with Crippen molar-refractivity contribution in [3.8, 4) is 0 Å². The predicted molar refractivity (Wildman–Crippen MR) is 105 cm³/mol. The van der Waals surface area contributed by atoms with Gasteiger partial charge in [-0.3, -0.25) is 4.57 Å². The summed E-state index contributed by atoms with van der Waals surface area (Å²) >= 11 is 7.65. The van der Waals surface area contributed by atoms with Gasteiger partial charge in [0.2, 0.25) is 0 Å². The van der Waals surface area contributed by atoms with E-state index < -0.39 is 12.0 Å². The molecule has 1 aromatic carbocycles. The molecule has 10 heteroatoms. The predicted octanol–water partition coefficient (Wildman–Crippen LogP) is 3.83. The number of thioether (sulfide) groups is 1. The van der Waals surface area contributed by atoms with E-state index >= 15 is 0 Å². The van der Waals surface area contributed by atoms with Crippen LogP contribution in [0.4, 0.5) is 4.39 Å². The first-order valence-corrected chi connectivity index (χ1v) is 10.5. The highest BCUT2D eigenvalue weighted by Crippen LogP contribution is 2.45. The van der Waals surface area contributed by atoms with E-state index in [0.717, 1.165) is 4.90 Å². The fourth-order valence-corrected chi connectivity index (χ4v) is 4.93. The summed E-state index contributed by atoms with van der Waals surface area (Å²) < 4.78 is 33.9. The van der Waals surface area contributed by atoms with Gasteiger partial charge in [-0.25, -0.2) is 19.3 Å². The van der Waals surface area contributed by atoms with Crippen LogP contribution in [0.3, 0.4) is 0 Å². The number of benzene rings is 1. The van der Waals surface area contributed by atoms with E-state index in [4.69, 9.17) is 25.8 Å². The fourth-order valence-electron chi connectivity index (χ4n) is 3.76. The number of nitrogens with zero attached hydrogens (tertiary/aromatic N) is 4. The number of ether oxygens (including phenoxy) is 3. The van der Waals surface area contributed by atoms with Gasteiger partial charge in [-0.1, -0.05) is 17.7 Å². The number of halogens is 2. The topological polar surface area (TPSA) is 71.3 Å². The average Bonchev–Trinajstić information content (AvgIpc) is 3.32. The second-order valence-corrected chi connectivity index (χ2v) is 8.84. The molecule has 2 aromatic heterocycles. The molecular formula is C19H18ClFN4O3S. The van der Waals surface area contributed by atoms with Crippen LogP contribution < -0.4 is 0 Å². The molecule has 2 fully saturated rings. The van der Waals surface area contributed by atoms with E-state index in [2.05, 4.69) is 15.0 Å². The molecule has 152 valence electrons. The largest absolute Gasteiger partial charge is 0.348 e. The molecule has 4 atom stereocenters. The quantitative estimate of drug-likeness (QED) is 0.454. The smallest absolute Gasteiger partial charge is 0.167 e. The third-order valence-electron chi connectivity index (χ3n) is 4.92. The zero-order valence-electron chi connectivity index (χ0n) is 15.7. The van der Waals surface area contributed by atoms with Gasteiger partial charge in [0, 0.05) is 10.6 Å². The maximum Gasteiger partial charge on any atom is 0.167 e.